The van der Waals surface area contributed by atoms with Gasteiger partial charge in [-0.3, -0.25) is 4.79 Å². The molecule has 0 N–H and O–H groups in total. The Kier molecular flexibility index (Phi) is 5.84. The molecule has 0 unspecified atom stereocenters. The highest BCUT2D eigenvalue weighted by Crippen LogP contribution is 2.43. The fraction of sp³-hybridized carbons (Fsp3) is 0.619. The van der Waals surface area contributed by atoms with Crippen molar-refractivity contribution in [2.24, 2.45) is 0 Å². The Morgan fingerprint density at radius 3 is 2.42 bits per heavy atom. The summed E-state index contributed by atoms with van der Waals surface area (Å²) in [5.74, 6) is 0.601. The average Bonchev–Trinajstić information content (AvgIpc) is 3.48. The smallest absolute Gasteiger partial charge is 0.428 e. The highest BCUT2D eigenvalue weighted by atomic mass is 16.6. The second kappa shape index (κ2) is 8.11. The number of nitrogens with zero attached hydrogens (tertiary/aromatic N) is 2. The molecule has 1 saturated heterocycles. The predicted molar refractivity (Wildman–Crippen MR) is 101 cm³/mol. The molecule has 1 aliphatic heterocycles. The van der Waals surface area contributed by atoms with Crippen LogP contribution in [0.4, 0.5) is 4.79 Å². The molecule has 0 aromatic heterocycles. The van der Waals surface area contributed by atoms with E-state index in [1.165, 1.54) is 40.1 Å². The maximum atomic E-state index is 13.1. The molecular weight excluding hydrogens is 328 g/mol. The van der Waals surface area contributed by atoms with Gasteiger partial charge in [0.2, 0.25) is 5.91 Å². The Hall–Kier alpha value is -2.04. The molecule has 1 aromatic carbocycles. The molecule has 0 atom stereocenters. The van der Waals surface area contributed by atoms with Crippen LogP contribution >= 0.6 is 0 Å². The highest BCUT2D eigenvalue weighted by molar-refractivity contribution is 5.82. The van der Waals surface area contributed by atoms with E-state index < -0.39 is 6.09 Å². The standard InChI is InChI=1S/C21H30N2O3/c1-4-16-12-15(3)13-18(17-8-9-17)19(16)14-20(24)22-10-6-7-11-23(22)21(25)26-5-2/h12-13,17H,4-11,14H2,1-3H3. The van der Waals surface area contributed by atoms with Crippen LogP contribution in [0.2, 0.25) is 0 Å². The van der Waals surface area contributed by atoms with E-state index in [4.69, 9.17) is 4.74 Å². The molecule has 1 heterocycles. The molecule has 1 aliphatic carbocycles. The van der Waals surface area contributed by atoms with Crippen molar-refractivity contribution in [3.63, 3.8) is 0 Å². The van der Waals surface area contributed by atoms with Gasteiger partial charge in [0.05, 0.1) is 13.0 Å². The number of hydrogen-bond acceptors (Lipinski definition) is 3. The van der Waals surface area contributed by atoms with Crippen LogP contribution in [0.3, 0.4) is 0 Å². The number of hydrazine groups is 1. The number of benzene rings is 1. The number of amides is 2. The third-order valence-electron chi connectivity index (χ3n) is 5.29. The summed E-state index contributed by atoms with van der Waals surface area (Å²) in [6.45, 7) is 7.52. The molecule has 1 aromatic rings. The van der Waals surface area contributed by atoms with E-state index in [9.17, 15) is 9.59 Å². The minimum absolute atomic E-state index is 0.00166. The minimum Gasteiger partial charge on any atom is -0.448 e. The Morgan fingerprint density at radius 2 is 1.81 bits per heavy atom. The van der Waals surface area contributed by atoms with Crippen LogP contribution in [0.1, 0.15) is 67.7 Å². The summed E-state index contributed by atoms with van der Waals surface area (Å²) in [6.07, 6.45) is 5.13. The number of carbonyl (C=O) groups is 2. The third kappa shape index (κ3) is 4.02. The van der Waals surface area contributed by atoms with Gasteiger partial charge in [0.15, 0.2) is 0 Å². The Bertz CT molecular complexity index is 682. The zero-order valence-electron chi connectivity index (χ0n) is 16.2. The molecule has 26 heavy (non-hydrogen) atoms. The molecule has 5 heteroatoms. The summed E-state index contributed by atoms with van der Waals surface area (Å²) < 4.78 is 5.14. The van der Waals surface area contributed by atoms with Crippen molar-refractivity contribution in [2.75, 3.05) is 19.7 Å². The average molecular weight is 358 g/mol. The predicted octanol–water partition coefficient (Wildman–Crippen LogP) is 3.97. The first-order chi connectivity index (χ1) is 12.5. The zero-order chi connectivity index (χ0) is 18.7. The maximum Gasteiger partial charge on any atom is 0.428 e. The van der Waals surface area contributed by atoms with E-state index in [2.05, 4.69) is 26.0 Å². The van der Waals surface area contributed by atoms with Crippen molar-refractivity contribution < 1.29 is 14.3 Å². The van der Waals surface area contributed by atoms with Gasteiger partial charge in [-0.2, -0.15) is 0 Å². The Morgan fingerprint density at radius 1 is 1.12 bits per heavy atom. The first-order valence-electron chi connectivity index (χ1n) is 9.92. The van der Waals surface area contributed by atoms with E-state index in [0.29, 0.717) is 32.0 Å². The van der Waals surface area contributed by atoms with E-state index in [0.717, 1.165) is 19.3 Å². The van der Waals surface area contributed by atoms with Gasteiger partial charge in [-0.1, -0.05) is 24.6 Å². The summed E-state index contributed by atoms with van der Waals surface area (Å²) in [4.78, 5) is 25.3. The topological polar surface area (TPSA) is 49.9 Å². The van der Waals surface area contributed by atoms with E-state index >= 15 is 0 Å². The second-order valence-electron chi connectivity index (χ2n) is 7.34. The largest absolute Gasteiger partial charge is 0.448 e. The number of rotatable bonds is 5. The van der Waals surface area contributed by atoms with Gasteiger partial charge in [-0.05, 0) is 68.6 Å². The Balaban J connectivity index is 1.83. The molecule has 2 fully saturated rings. The van der Waals surface area contributed by atoms with Gasteiger partial charge < -0.3 is 4.74 Å². The number of aryl methyl sites for hydroxylation is 2. The molecule has 5 nitrogen and oxygen atoms in total. The SMILES string of the molecule is CCOC(=O)N1CCCCN1C(=O)Cc1c(CC)cc(C)cc1C1CC1. The first kappa shape index (κ1) is 18.7. The number of ether oxygens (including phenoxy) is 1. The van der Waals surface area contributed by atoms with Crippen molar-refractivity contribution in [2.45, 2.75) is 65.2 Å². The number of hydrogen-bond donors (Lipinski definition) is 0. The summed E-state index contributed by atoms with van der Waals surface area (Å²) in [5, 5.41) is 3.10. The third-order valence-corrected chi connectivity index (χ3v) is 5.29. The van der Waals surface area contributed by atoms with Crippen LogP contribution in [-0.2, 0) is 22.4 Å². The Labute approximate surface area is 156 Å². The lowest BCUT2D eigenvalue weighted by molar-refractivity contribution is -0.148. The quantitative estimate of drug-likeness (QED) is 0.800. The summed E-state index contributed by atoms with van der Waals surface area (Å²) in [5.41, 5.74) is 5.06. The molecular formula is C21H30N2O3. The lowest BCUT2D eigenvalue weighted by Crippen LogP contribution is -2.53. The van der Waals surface area contributed by atoms with E-state index in [1.807, 2.05) is 0 Å². The molecule has 0 radical (unpaired) electrons. The van der Waals surface area contributed by atoms with Crippen LogP contribution in [0, 0.1) is 6.92 Å². The van der Waals surface area contributed by atoms with Crippen molar-refractivity contribution in [3.8, 4) is 0 Å². The van der Waals surface area contributed by atoms with Crippen molar-refractivity contribution >= 4 is 12.0 Å². The molecule has 3 rings (SSSR count). The molecule has 0 spiro atoms. The summed E-state index contributed by atoms with van der Waals surface area (Å²) in [7, 11) is 0. The highest BCUT2D eigenvalue weighted by Gasteiger charge is 2.32. The molecule has 142 valence electrons. The second-order valence-corrected chi connectivity index (χ2v) is 7.34. The van der Waals surface area contributed by atoms with Crippen LogP contribution in [-0.4, -0.2) is 41.7 Å². The van der Waals surface area contributed by atoms with Crippen LogP contribution in [0.15, 0.2) is 12.1 Å². The zero-order valence-corrected chi connectivity index (χ0v) is 16.2. The van der Waals surface area contributed by atoms with Crippen LogP contribution in [0.5, 0.6) is 0 Å². The molecule has 2 amide bonds. The fourth-order valence-corrected chi connectivity index (χ4v) is 3.87. The molecule has 1 saturated carbocycles. The molecule has 2 aliphatic rings. The van der Waals surface area contributed by atoms with E-state index in [1.54, 1.807) is 11.9 Å². The van der Waals surface area contributed by atoms with E-state index in [-0.39, 0.29) is 5.91 Å². The normalized spacial score (nSPS) is 17.3. The lowest BCUT2D eigenvalue weighted by Gasteiger charge is -2.37. The van der Waals surface area contributed by atoms with Gasteiger partial charge in [0.25, 0.3) is 0 Å². The van der Waals surface area contributed by atoms with Gasteiger partial charge in [0.1, 0.15) is 0 Å². The van der Waals surface area contributed by atoms with Crippen LogP contribution < -0.4 is 0 Å². The summed E-state index contributed by atoms with van der Waals surface area (Å²) >= 11 is 0. The first-order valence-corrected chi connectivity index (χ1v) is 9.92. The van der Waals surface area contributed by atoms with Gasteiger partial charge in [-0.25, -0.2) is 14.8 Å². The maximum absolute atomic E-state index is 13.1. The van der Waals surface area contributed by atoms with Gasteiger partial charge in [-0.15, -0.1) is 0 Å². The van der Waals surface area contributed by atoms with Crippen LogP contribution in [0.25, 0.3) is 0 Å². The van der Waals surface area contributed by atoms with Crippen molar-refractivity contribution in [1.82, 2.24) is 10.0 Å². The lowest BCUT2D eigenvalue weighted by atomic mass is 9.91. The van der Waals surface area contributed by atoms with Crippen molar-refractivity contribution in [1.29, 1.82) is 0 Å². The van der Waals surface area contributed by atoms with Gasteiger partial charge in [0, 0.05) is 13.1 Å². The summed E-state index contributed by atoms with van der Waals surface area (Å²) in [6, 6.07) is 4.45. The monoisotopic (exact) mass is 358 g/mol. The molecule has 0 bridgehead atoms. The van der Waals surface area contributed by atoms with Gasteiger partial charge >= 0.3 is 6.09 Å². The van der Waals surface area contributed by atoms with Crippen molar-refractivity contribution in [3.05, 3.63) is 34.4 Å². The number of carbonyl (C=O) groups excluding carboxylic acids is 2. The minimum atomic E-state index is -0.414. The fourth-order valence-electron chi connectivity index (χ4n) is 3.87.